The second-order valence-corrected chi connectivity index (χ2v) is 6.90. The van der Waals surface area contributed by atoms with Crippen molar-refractivity contribution < 1.29 is 14.0 Å². The average molecular weight is 408 g/mol. The van der Waals surface area contributed by atoms with Gasteiger partial charge in [-0.05, 0) is 24.6 Å². The monoisotopic (exact) mass is 407 g/mol. The van der Waals surface area contributed by atoms with Crippen LogP contribution in [0.5, 0.6) is 0 Å². The molecule has 28 heavy (non-hydrogen) atoms. The lowest BCUT2D eigenvalue weighted by atomic mass is 10.1. The molecule has 0 atom stereocenters. The van der Waals surface area contributed by atoms with Crippen LogP contribution < -0.4 is 5.32 Å². The maximum Gasteiger partial charge on any atom is 0.274 e. The van der Waals surface area contributed by atoms with Crippen molar-refractivity contribution in [2.24, 2.45) is 0 Å². The Labute approximate surface area is 168 Å². The zero-order valence-electron chi connectivity index (χ0n) is 15.4. The fourth-order valence-corrected chi connectivity index (χ4v) is 3.68. The molecule has 1 fully saturated rings. The number of aromatic amines is 1. The van der Waals surface area contributed by atoms with Crippen molar-refractivity contribution in [3.8, 4) is 0 Å². The summed E-state index contributed by atoms with van der Waals surface area (Å²) in [6.07, 6.45) is 1.52. The maximum atomic E-state index is 13.4. The molecule has 0 radical (unpaired) electrons. The van der Waals surface area contributed by atoms with Crippen LogP contribution in [0.2, 0.25) is 0 Å². The van der Waals surface area contributed by atoms with Crippen molar-refractivity contribution in [2.75, 3.05) is 32.7 Å². The normalized spacial score (nSPS) is 16.8. The van der Waals surface area contributed by atoms with Gasteiger partial charge in [0.05, 0.1) is 0 Å². The molecule has 0 bridgehead atoms. The van der Waals surface area contributed by atoms with Crippen molar-refractivity contribution in [2.45, 2.75) is 19.4 Å². The summed E-state index contributed by atoms with van der Waals surface area (Å²) in [7, 11) is 0. The number of halogens is 2. The molecule has 0 unspecified atom stereocenters. The third-order valence-corrected chi connectivity index (χ3v) is 5.15. The summed E-state index contributed by atoms with van der Waals surface area (Å²) in [5.41, 5.74) is 2.78. The Balaban J connectivity index is 0.00000225. The molecule has 1 aromatic heterocycles. The first-order valence-corrected chi connectivity index (χ1v) is 9.24. The number of carbonyl (C=O) groups is 2. The maximum absolute atomic E-state index is 13.4. The van der Waals surface area contributed by atoms with Crippen molar-refractivity contribution in [3.05, 3.63) is 52.6 Å². The number of aromatic nitrogens is 2. The zero-order valence-corrected chi connectivity index (χ0v) is 16.2. The van der Waals surface area contributed by atoms with Gasteiger partial charge in [-0.2, -0.15) is 5.10 Å². The minimum Gasteiger partial charge on any atom is -0.337 e. The SMILES string of the molecule is Cl.O=C(c1cccc(F)c1)N1CCCN(C(=O)c2n[nH]c3c2CNCC3)CC1. The van der Waals surface area contributed by atoms with Crippen molar-refractivity contribution in [3.63, 3.8) is 0 Å². The molecule has 7 nitrogen and oxygen atoms in total. The molecule has 1 saturated heterocycles. The molecule has 3 heterocycles. The van der Waals surface area contributed by atoms with Crippen LogP contribution in [0, 0.1) is 5.82 Å². The van der Waals surface area contributed by atoms with E-state index in [0.29, 0.717) is 50.4 Å². The predicted molar refractivity (Wildman–Crippen MR) is 104 cm³/mol. The molecule has 9 heteroatoms. The lowest BCUT2D eigenvalue weighted by Gasteiger charge is -2.22. The van der Waals surface area contributed by atoms with Gasteiger partial charge in [-0.15, -0.1) is 12.4 Å². The van der Waals surface area contributed by atoms with E-state index in [0.717, 1.165) is 24.2 Å². The Morgan fingerprint density at radius 1 is 1.07 bits per heavy atom. The van der Waals surface area contributed by atoms with Gasteiger partial charge in [0.2, 0.25) is 0 Å². The van der Waals surface area contributed by atoms with Gasteiger partial charge in [0.1, 0.15) is 5.82 Å². The fraction of sp³-hybridized carbons (Fsp3) is 0.421. The van der Waals surface area contributed by atoms with Gasteiger partial charge in [0, 0.05) is 62.5 Å². The summed E-state index contributed by atoms with van der Waals surface area (Å²) >= 11 is 0. The lowest BCUT2D eigenvalue weighted by Crippen LogP contribution is -2.38. The molecular weight excluding hydrogens is 385 g/mol. The van der Waals surface area contributed by atoms with Crippen LogP contribution in [0.3, 0.4) is 0 Å². The van der Waals surface area contributed by atoms with Gasteiger partial charge in [0.25, 0.3) is 11.8 Å². The Kier molecular flexibility index (Phi) is 6.31. The first-order valence-electron chi connectivity index (χ1n) is 9.24. The van der Waals surface area contributed by atoms with E-state index >= 15 is 0 Å². The number of fused-ring (bicyclic) bond motifs is 1. The summed E-state index contributed by atoms with van der Waals surface area (Å²) in [6.45, 7) is 3.50. The van der Waals surface area contributed by atoms with Crippen LogP contribution in [0.4, 0.5) is 4.39 Å². The van der Waals surface area contributed by atoms with E-state index in [1.165, 1.54) is 18.2 Å². The first-order chi connectivity index (χ1) is 13.1. The molecular formula is C19H23ClFN5O2. The van der Waals surface area contributed by atoms with E-state index in [2.05, 4.69) is 15.5 Å². The number of benzene rings is 1. The minimum atomic E-state index is -0.426. The third-order valence-electron chi connectivity index (χ3n) is 5.15. The summed E-state index contributed by atoms with van der Waals surface area (Å²) in [5, 5.41) is 10.5. The van der Waals surface area contributed by atoms with Crippen LogP contribution in [-0.2, 0) is 13.0 Å². The molecule has 2 amide bonds. The Bertz CT molecular complexity index is 872. The molecule has 2 N–H and O–H groups in total. The highest BCUT2D eigenvalue weighted by Gasteiger charge is 2.28. The van der Waals surface area contributed by atoms with Crippen molar-refractivity contribution >= 4 is 24.2 Å². The molecule has 2 aromatic rings. The Hall–Kier alpha value is -2.45. The largest absolute Gasteiger partial charge is 0.337 e. The van der Waals surface area contributed by atoms with Crippen molar-refractivity contribution in [1.82, 2.24) is 25.3 Å². The topological polar surface area (TPSA) is 81.3 Å². The van der Waals surface area contributed by atoms with E-state index in [1.807, 2.05) is 0 Å². The summed E-state index contributed by atoms with van der Waals surface area (Å²) < 4.78 is 13.4. The highest BCUT2D eigenvalue weighted by atomic mass is 35.5. The Morgan fingerprint density at radius 3 is 2.57 bits per heavy atom. The number of carbonyl (C=O) groups excluding carboxylic acids is 2. The predicted octanol–water partition coefficient (Wildman–Crippen LogP) is 1.60. The van der Waals surface area contributed by atoms with E-state index in [1.54, 1.807) is 15.9 Å². The lowest BCUT2D eigenvalue weighted by molar-refractivity contribution is 0.0714. The second-order valence-electron chi connectivity index (χ2n) is 6.90. The van der Waals surface area contributed by atoms with Crippen molar-refractivity contribution in [1.29, 1.82) is 0 Å². The van der Waals surface area contributed by atoms with Gasteiger partial charge in [-0.3, -0.25) is 14.7 Å². The number of nitrogens with zero attached hydrogens (tertiary/aromatic N) is 3. The summed E-state index contributed by atoms with van der Waals surface area (Å²) in [5.74, 6) is -0.731. The molecule has 0 spiro atoms. The number of nitrogens with one attached hydrogen (secondary N) is 2. The average Bonchev–Trinajstić information content (AvgIpc) is 2.96. The highest BCUT2D eigenvalue weighted by Crippen LogP contribution is 2.18. The molecule has 0 aliphatic carbocycles. The fourth-order valence-electron chi connectivity index (χ4n) is 3.68. The number of amides is 2. The smallest absolute Gasteiger partial charge is 0.274 e. The highest BCUT2D eigenvalue weighted by molar-refractivity contribution is 5.95. The third kappa shape index (κ3) is 4.02. The van der Waals surface area contributed by atoms with E-state index in [4.69, 9.17) is 0 Å². The van der Waals surface area contributed by atoms with Gasteiger partial charge in [-0.25, -0.2) is 4.39 Å². The number of rotatable bonds is 2. The van der Waals surface area contributed by atoms with Crippen LogP contribution in [0.15, 0.2) is 24.3 Å². The standard InChI is InChI=1S/C19H22FN5O2.ClH/c20-14-4-1-3-13(11-14)18(26)24-7-2-8-25(10-9-24)19(27)17-15-12-21-6-5-16(15)22-23-17;/h1,3-4,11,21H,2,5-10,12H2,(H,22,23);1H. The molecule has 4 rings (SSSR count). The summed E-state index contributed by atoms with van der Waals surface area (Å²) in [6, 6.07) is 5.71. The number of hydrogen-bond donors (Lipinski definition) is 2. The molecule has 150 valence electrons. The van der Waals surface area contributed by atoms with E-state index in [9.17, 15) is 14.0 Å². The van der Waals surface area contributed by atoms with Gasteiger partial charge in [0.15, 0.2) is 5.69 Å². The second kappa shape index (κ2) is 8.70. The first kappa shape index (κ1) is 20.3. The van der Waals surface area contributed by atoms with Crippen LogP contribution in [0.1, 0.15) is 38.5 Å². The Morgan fingerprint density at radius 2 is 1.82 bits per heavy atom. The van der Waals surface area contributed by atoms with Gasteiger partial charge >= 0.3 is 0 Å². The number of hydrogen-bond acceptors (Lipinski definition) is 4. The van der Waals surface area contributed by atoms with Crippen LogP contribution >= 0.6 is 12.4 Å². The molecule has 2 aliphatic rings. The molecule has 0 saturated carbocycles. The zero-order chi connectivity index (χ0) is 18.8. The summed E-state index contributed by atoms with van der Waals surface area (Å²) in [4.78, 5) is 29.0. The van der Waals surface area contributed by atoms with E-state index in [-0.39, 0.29) is 24.2 Å². The molecule has 1 aromatic carbocycles. The van der Waals surface area contributed by atoms with Gasteiger partial charge in [-0.1, -0.05) is 6.07 Å². The quantitative estimate of drug-likeness (QED) is 0.792. The number of H-pyrrole nitrogens is 1. The van der Waals surface area contributed by atoms with E-state index < -0.39 is 5.82 Å². The minimum absolute atomic E-state index is 0. The van der Waals surface area contributed by atoms with Crippen LogP contribution in [0.25, 0.3) is 0 Å². The van der Waals surface area contributed by atoms with Gasteiger partial charge < -0.3 is 15.1 Å². The molecule has 2 aliphatic heterocycles. The van der Waals surface area contributed by atoms with Crippen LogP contribution in [-0.4, -0.2) is 64.5 Å².